The van der Waals surface area contributed by atoms with Gasteiger partial charge in [-0.1, -0.05) is 30.3 Å². The van der Waals surface area contributed by atoms with Gasteiger partial charge < -0.3 is 15.8 Å². The zero-order valence-electron chi connectivity index (χ0n) is 17.8. The molecule has 0 spiro atoms. The fourth-order valence-corrected chi connectivity index (χ4v) is 4.71. The van der Waals surface area contributed by atoms with Crippen molar-refractivity contribution in [1.82, 2.24) is 19.9 Å². The molecule has 0 unspecified atom stereocenters. The maximum Gasteiger partial charge on any atom is 0.236 e. The minimum absolute atomic E-state index is 0.0729. The summed E-state index contributed by atoms with van der Waals surface area (Å²) >= 11 is 1.39. The van der Waals surface area contributed by atoms with Crippen LogP contribution in [0.1, 0.15) is 18.4 Å². The summed E-state index contributed by atoms with van der Waals surface area (Å²) in [6.07, 6.45) is 6.30. The van der Waals surface area contributed by atoms with Crippen LogP contribution >= 0.6 is 11.3 Å². The van der Waals surface area contributed by atoms with E-state index in [0.717, 1.165) is 28.1 Å². The van der Waals surface area contributed by atoms with Gasteiger partial charge in [0, 0.05) is 42.7 Å². The van der Waals surface area contributed by atoms with Gasteiger partial charge in [0.05, 0.1) is 11.1 Å². The van der Waals surface area contributed by atoms with E-state index in [1.165, 1.54) is 11.3 Å². The number of carbonyl (C=O) groups is 1. The minimum atomic E-state index is -0.689. The maximum atomic E-state index is 13.6. The van der Waals surface area contributed by atoms with Crippen LogP contribution in [0, 0.1) is 0 Å². The molecule has 3 N–H and O–H groups in total. The van der Waals surface area contributed by atoms with Gasteiger partial charge in [-0.05, 0) is 36.1 Å². The van der Waals surface area contributed by atoms with Crippen LogP contribution in [0.3, 0.4) is 0 Å². The van der Waals surface area contributed by atoms with Gasteiger partial charge in [0.1, 0.15) is 5.69 Å². The molecule has 33 heavy (non-hydrogen) atoms. The fourth-order valence-electron chi connectivity index (χ4n) is 4.02. The van der Waals surface area contributed by atoms with E-state index in [4.69, 9.17) is 10.5 Å². The van der Waals surface area contributed by atoms with Crippen molar-refractivity contribution in [2.75, 3.05) is 24.3 Å². The Labute approximate surface area is 194 Å². The van der Waals surface area contributed by atoms with Gasteiger partial charge >= 0.3 is 0 Å². The van der Waals surface area contributed by atoms with Gasteiger partial charge in [-0.25, -0.2) is 15.0 Å². The van der Waals surface area contributed by atoms with Crippen molar-refractivity contribution < 1.29 is 9.53 Å². The predicted octanol–water partition coefficient (Wildman–Crippen LogP) is 3.93. The highest BCUT2D eigenvalue weighted by molar-refractivity contribution is 7.14. The second-order valence-corrected chi connectivity index (χ2v) is 8.67. The molecule has 0 atom stereocenters. The standard InChI is InChI=1S/C24H22N6O2S/c25-22-27-13-17(14-28-22)16-4-6-18(7-5-16)24(8-11-32-12-9-24)21(31)30-23-29-20(15-33-23)19-3-1-2-10-26-19/h1-7,10,13-15H,8-9,11-12H2,(H2,25,27,28)(H,29,30,31). The van der Waals surface area contributed by atoms with E-state index in [2.05, 4.69) is 25.3 Å². The molecule has 1 aliphatic rings. The quantitative estimate of drug-likeness (QED) is 0.465. The Morgan fingerprint density at radius 3 is 2.42 bits per heavy atom. The number of pyridine rings is 1. The summed E-state index contributed by atoms with van der Waals surface area (Å²) in [5, 5.41) is 5.50. The van der Waals surface area contributed by atoms with Gasteiger partial charge in [0.25, 0.3) is 0 Å². The van der Waals surface area contributed by atoms with E-state index in [1.54, 1.807) is 18.6 Å². The van der Waals surface area contributed by atoms with Crippen molar-refractivity contribution in [2.24, 2.45) is 0 Å². The second-order valence-electron chi connectivity index (χ2n) is 7.81. The third kappa shape index (κ3) is 4.33. The number of nitrogens with two attached hydrogens (primary N) is 1. The van der Waals surface area contributed by atoms with Crippen LogP contribution < -0.4 is 11.1 Å². The molecule has 1 aromatic carbocycles. The van der Waals surface area contributed by atoms with Gasteiger partial charge in [0.15, 0.2) is 5.13 Å². The zero-order valence-corrected chi connectivity index (χ0v) is 18.6. The largest absolute Gasteiger partial charge is 0.381 e. The first kappa shape index (κ1) is 21.2. The van der Waals surface area contributed by atoms with Crippen molar-refractivity contribution in [3.63, 3.8) is 0 Å². The minimum Gasteiger partial charge on any atom is -0.381 e. The van der Waals surface area contributed by atoms with Crippen molar-refractivity contribution >= 4 is 28.3 Å². The van der Waals surface area contributed by atoms with Crippen LogP contribution in [0.15, 0.2) is 66.4 Å². The zero-order chi connectivity index (χ0) is 22.7. The van der Waals surface area contributed by atoms with Crippen molar-refractivity contribution in [2.45, 2.75) is 18.3 Å². The molecule has 0 radical (unpaired) electrons. The van der Waals surface area contributed by atoms with Gasteiger partial charge in [-0.15, -0.1) is 11.3 Å². The number of rotatable bonds is 5. The van der Waals surface area contributed by atoms with Crippen molar-refractivity contribution in [3.05, 3.63) is 72.0 Å². The maximum absolute atomic E-state index is 13.6. The van der Waals surface area contributed by atoms with E-state index in [-0.39, 0.29) is 11.9 Å². The number of aromatic nitrogens is 4. The molecule has 5 rings (SSSR count). The van der Waals surface area contributed by atoms with E-state index >= 15 is 0 Å². The van der Waals surface area contributed by atoms with E-state index < -0.39 is 5.41 Å². The second kappa shape index (κ2) is 9.05. The monoisotopic (exact) mass is 458 g/mol. The number of nitrogens with zero attached hydrogens (tertiary/aromatic N) is 4. The highest BCUT2D eigenvalue weighted by Gasteiger charge is 2.42. The Morgan fingerprint density at radius 2 is 1.73 bits per heavy atom. The highest BCUT2D eigenvalue weighted by atomic mass is 32.1. The first-order valence-corrected chi connectivity index (χ1v) is 11.5. The van der Waals surface area contributed by atoms with Crippen LogP contribution in [0.2, 0.25) is 0 Å². The molecule has 166 valence electrons. The topological polar surface area (TPSA) is 116 Å². The number of thiazole rings is 1. The number of hydrogen-bond acceptors (Lipinski definition) is 8. The molecule has 1 aliphatic heterocycles. The number of nitrogen functional groups attached to an aromatic ring is 1. The molecular weight excluding hydrogens is 436 g/mol. The summed E-state index contributed by atoms with van der Waals surface area (Å²) in [6, 6.07) is 13.6. The Kier molecular flexibility index (Phi) is 5.80. The molecule has 8 nitrogen and oxygen atoms in total. The summed E-state index contributed by atoms with van der Waals surface area (Å²) in [4.78, 5) is 30.6. The normalized spacial score (nSPS) is 15.2. The lowest BCUT2D eigenvalue weighted by Crippen LogP contribution is -2.44. The van der Waals surface area contributed by atoms with Crippen LogP contribution in [-0.2, 0) is 14.9 Å². The Balaban J connectivity index is 1.40. The highest BCUT2D eigenvalue weighted by Crippen LogP contribution is 2.37. The molecule has 9 heteroatoms. The third-order valence-corrected chi connectivity index (χ3v) is 6.63. The molecule has 0 aliphatic carbocycles. The first-order valence-electron chi connectivity index (χ1n) is 10.6. The first-order chi connectivity index (χ1) is 16.1. The summed E-state index contributed by atoms with van der Waals surface area (Å²) in [5.41, 5.74) is 9.19. The lowest BCUT2D eigenvalue weighted by Gasteiger charge is -2.36. The number of hydrogen-bond donors (Lipinski definition) is 2. The molecule has 0 saturated carbocycles. The molecule has 3 aromatic heterocycles. The number of benzene rings is 1. The SMILES string of the molecule is Nc1ncc(-c2ccc(C3(C(=O)Nc4nc(-c5ccccn5)cs4)CCOCC3)cc2)cn1. The lowest BCUT2D eigenvalue weighted by atomic mass is 9.73. The summed E-state index contributed by atoms with van der Waals surface area (Å²) in [7, 11) is 0. The molecule has 1 fully saturated rings. The van der Waals surface area contributed by atoms with Crippen LogP contribution in [0.25, 0.3) is 22.5 Å². The fraction of sp³-hybridized carbons (Fsp3) is 0.208. The number of amides is 1. The van der Waals surface area contributed by atoms with E-state index in [0.29, 0.717) is 31.2 Å². The molecular formula is C24H22N6O2S. The van der Waals surface area contributed by atoms with Crippen LogP contribution in [0.5, 0.6) is 0 Å². The van der Waals surface area contributed by atoms with Gasteiger partial charge in [-0.2, -0.15) is 0 Å². The smallest absolute Gasteiger partial charge is 0.236 e. The summed E-state index contributed by atoms with van der Waals surface area (Å²) in [6.45, 7) is 1.05. The van der Waals surface area contributed by atoms with Crippen LogP contribution in [-0.4, -0.2) is 39.1 Å². The van der Waals surface area contributed by atoms with Crippen molar-refractivity contribution in [3.8, 4) is 22.5 Å². The third-order valence-electron chi connectivity index (χ3n) is 5.88. The van der Waals surface area contributed by atoms with Gasteiger partial charge in [0.2, 0.25) is 11.9 Å². The average molecular weight is 459 g/mol. The average Bonchev–Trinajstić information content (AvgIpc) is 3.34. The molecule has 1 saturated heterocycles. The van der Waals surface area contributed by atoms with Crippen molar-refractivity contribution in [1.29, 1.82) is 0 Å². The predicted molar refractivity (Wildman–Crippen MR) is 128 cm³/mol. The Morgan fingerprint density at radius 1 is 0.970 bits per heavy atom. The number of ether oxygens (including phenoxy) is 1. The number of anilines is 2. The number of carbonyl (C=O) groups excluding carboxylic acids is 1. The molecule has 4 aromatic rings. The van der Waals surface area contributed by atoms with E-state index in [9.17, 15) is 4.79 Å². The Bertz CT molecular complexity index is 1240. The molecule has 1 amide bonds. The van der Waals surface area contributed by atoms with E-state index in [1.807, 2.05) is 47.8 Å². The lowest BCUT2D eigenvalue weighted by molar-refractivity contribution is -0.125. The summed E-state index contributed by atoms with van der Waals surface area (Å²) < 4.78 is 5.58. The molecule has 4 heterocycles. The number of nitrogens with one attached hydrogen (secondary N) is 1. The summed E-state index contributed by atoms with van der Waals surface area (Å²) in [5.74, 6) is 0.165. The Hall–Kier alpha value is -3.69. The van der Waals surface area contributed by atoms with Gasteiger partial charge in [-0.3, -0.25) is 9.78 Å². The molecule has 0 bridgehead atoms. The van der Waals surface area contributed by atoms with Crippen LogP contribution in [0.4, 0.5) is 11.1 Å².